The van der Waals surface area contributed by atoms with Gasteiger partial charge in [-0.2, -0.15) is 0 Å². The normalized spacial score (nSPS) is 10.5. The molecule has 0 radical (unpaired) electrons. The number of carboxylic acids is 1. The van der Waals surface area contributed by atoms with E-state index in [-0.39, 0.29) is 11.3 Å². The lowest BCUT2D eigenvalue weighted by Crippen LogP contribution is -2.13. The van der Waals surface area contributed by atoms with E-state index in [4.69, 9.17) is 14.6 Å². The Bertz CT molecular complexity index is 832. The summed E-state index contributed by atoms with van der Waals surface area (Å²) >= 11 is 0. The van der Waals surface area contributed by atoms with E-state index in [1.807, 2.05) is 0 Å². The number of ether oxygens (including phenoxy) is 2. The second-order valence-corrected chi connectivity index (χ2v) is 4.90. The lowest BCUT2D eigenvalue weighted by Gasteiger charge is -2.08. The van der Waals surface area contributed by atoms with Gasteiger partial charge in [-0.25, -0.2) is 9.18 Å². The topological polar surface area (TPSA) is 84.9 Å². The van der Waals surface area contributed by atoms with Gasteiger partial charge in [-0.3, -0.25) is 4.79 Å². The molecule has 0 bridgehead atoms. The average molecular weight is 345 g/mol. The third-order valence-corrected chi connectivity index (χ3v) is 3.33. The molecular weight excluding hydrogens is 329 g/mol. The summed E-state index contributed by atoms with van der Waals surface area (Å²) in [6.07, 6.45) is 2.65. The van der Waals surface area contributed by atoms with Crippen LogP contribution in [0.1, 0.15) is 15.9 Å². The summed E-state index contributed by atoms with van der Waals surface area (Å²) in [7, 11) is 3.00. The Morgan fingerprint density at radius 2 is 1.84 bits per heavy atom. The zero-order valence-corrected chi connectivity index (χ0v) is 13.6. The van der Waals surface area contributed by atoms with Gasteiger partial charge in [0.15, 0.2) is 11.5 Å². The third-order valence-electron chi connectivity index (χ3n) is 3.33. The predicted octanol–water partition coefficient (Wildman–Crippen LogP) is 3.19. The fraction of sp³-hybridized carbons (Fsp3) is 0.111. The number of hydrogen-bond acceptors (Lipinski definition) is 4. The first-order valence-corrected chi connectivity index (χ1v) is 7.19. The van der Waals surface area contributed by atoms with Gasteiger partial charge in [0.2, 0.25) is 5.91 Å². The van der Waals surface area contributed by atoms with Crippen molar-refractivity contribution in [3.05, 3.63) is 59.4 Å². The number of para-hydroxylation sites is 1. The largest absolute Gasteiger partial charge is 0.493 e. The smallest absolute Gasteiger partial charge is 0.337 e. The third kappa shape index (κ3) is 4.35. The molecule has 0 unspecified atom stereocenters. The minimum absolute atomic E-state index is 0.326. The van der Waals surface area contributed by atoms with Gasteiger partial charge in [-0.1, -0.05) is 12.1 Å². The van der Waals surface area contributed by atoms with Gasteiger partial charge in [-0.05, 0) is 35.9 Å². The zero-order chi connectivity index (χ0) is 18.4. The van der Waals surface area contributed by atoms with E-state index in [0.717, 1.165) is 6.07 Å². The van der Waals surface area contributed by atoms with E-state index < -0.39 is 17.7 Å². The molecule has 0 saturated heterocycles. The number of methoxy groups -OCH3 is 2. The molecule has 1 amide bonds. The van der Waals surface area contributed by atoms with Crippen LogP contribution in [0.5, 0.6) is 11.5 Å². The zero-order valence-electron chi connectivity index (χ0n) is 13.6. The lowest BCUT2D eigenvalue weighted by atomic mass is 10.1. The van der Waals surface area contributed by atoms with Gasteiger partial charge in [0, 0.05) is 6.08 Å². The molecule has 0 saturated carbocycles. The molecule has 0 aliphatic heterocycles. The number of aromatic carboxylic acids is 1. The Hall–Kier alpha value is -3.35. The highest BCUT2D eigenvalue weighted by molar-refractivity contribution is 6.06. The highest BCUT2D eigenvalue weighted by Crippen LogP contribution is 2.28. The van der Waals surface area contributed by atoms with Crippen LogP contribution in [-0.2, 0) is 4.79 Å². The van der Waals surface area contributed by atoms with Crippen LogP contribution in [0.15, 0.2) is 42.5 Å². The van der Waals surface area contributed by atoms with Crippen LogP contribution in [0.3, 0.4) is 0 Å². The first kappa shape index (κ1) is 18.0. The fourth-order valence-corrected chi connectivity index (χ4v) is 2.12. The molecule has 2 aromatic rings. The number of anilines is 1. The molecular formula is C18H16FNO5. The molecule has 2 aromatic carbocycles. The maximum atomic E-state index is 13.8. The fourth-order valence-electron chi connectivity index (χ4n) is 2.12. The molecule has 7 heteroatoms. The number of carbonyl (C=O) groups is 2. The minimum Gasteiger partial charge on any atom is -0.493 e. The monoisotopic (exact) mass is 345 g/mol. The van der Waals surface area contributed by atoms with Gasteiger partial charge in [0.05, 0.1) is 25.5 Å². The number of amides is 1. The van der Waals surface area contributed by atoms with Gasteiger partial charge in [-0.15, -0.1) is 0 Å². The summed E-state index contributed by atoms with van der Waals surface area (Å²) in [6, 6.07) is 8.58. The molecule has 0 aliphatic rings. The maximum Gasteiger partial charge on any atom is 0.337 e. The molecule has 0 atom stereocenters. The molecule has 0 aromatic heterocycles. The molecule has 0 aliphatic carbocycles. The van der Waals surface area contributed by atoms with E-state index in [0.29, 0.717) is 17.1 Å². The minimum atomic E-state index is -1.33. The molecule has 25 heavy (non-hydrogen) atoms. The number of nitrogens with one attached hydrogen (secondary N) is 1. The van der Waals surface area contributed by atoms with Crippen molar-refractivity contribution in [1.82, 2.24) is 0 Å². The SMILES string of the molecule is COc1ccc(/C=C/C(=O)Nc2c(F)cccc2C(=O)O)cc1OC. The van der Waals surface area contributed by atoms with Crippen LogP contribution < -0.4 is 14.8 Å². The van der Waals surface area contributed by atoms with Crippen molar-refractivity contribution in [2.24, 2.45) is 0 Å². The lowest BCUT2D eigenvalue weighted by molar-refractivity contribution is -0.111. The van der Waals surface area contributed by atoms with E-state index in [2.05, 4.69) is 5.32 Å². The Balaban J connectivity index is 2.18. The standard InChI is InChI=1S/C18H16FNO5/c1-24-14-8-6-11(10-15(14)25-2)7-9-16(21)20-17-12(18(22)23)4-3-5-13(17)19/h3-10H,1-2H3,(H,20,21)(H,22,23)/b9-7+. The van der Waals surface area contributed by atoms with Crippen LogP contribution in [0, 0.1) is 5.82 Å². The molecule has 130 valence electrons. The van der Waals surface area contributed by atoms with Crippen molar-refractivity contribution < 1.29 is 28.6 Å². The van der Waals surface area contributed by atoms with E-state index in [1.165, 1.54) is 38.5 Å². The maximum absolute atomic E-state index is 13.8. The summed E-state index contributed by atoms with van der Waals surface area (Å²) in [4.78, 5) is 23.1. The van der Waals surface area contributed by atoms with E-state index >= 15 is 0 Å². The Kier molecular flexibility index (Phi) is 5.73. The Morgan fingerprint density at radius 1 is 1.12 bits per heavy atom. The van der Waals surface area contributed by atoms with Crippen LogP contribution in [0.4, 0.5) is 10.1 Å². The van der Waals surface area contributed by atoms with Crippen molar-refractivity contribution in [1.29, 1.82) is 0 Å². The first-order valence-electron chi connectivity index (χ1n) is 7.19. The molecule has 0 spiro atoms. The summed E-state index contributed by atoms with van der Waals surface area (Å²) < 4.78 is 24.1. The van der Waals surface area contributed by atoms with E-state index in [9.17, 15) is 14.0 Å². The number of halogens is 1. The Labute approximate surface area is 143 Å². The van der Waals surface area contributed by atoms with Gasteiger partial charge in [0.1, 0.15) is 5.82 Å². The summed E-state index contributed by atoms with van der Waals surface area (Å²) in [6.45, 7) is 0. The van der Waals surface area contributed by atoms with Gasteiger partial charge in [0.25, 0.3) is 0 Å². The van der Waals surface area contributed by atoms with Gasteiger partial charge < -0.3 is 19.9 Å². The number of carboxylic acid groups (broad SMARTS) is 1. The highest BCUT2D eigenvalue weighted by atomic mass is 19.1. The first-order chi connectivity index (χ1) is 12.0. The van der Waals surface area contributed by atoms with Crippen LogP contribution in [-0.4, -0.2) is 31.2 Å². The number of rotatable bonds is 6. The molecule has 6 nitrogen and oxygen atoms in total. The molecule has 2 rings (SSSR count). The summed E-state index contributed by atoms with van der Waals surface area (Å²) in [5.41, 5.74) is -0.0513. The molecule has 2 N–H and O–H groups in total. The summed E-state index contributed by atoms with van der Waals surface area (Å²) in [5, 5.41) is 11.3. The van der Waals surface area contributed by atoms with Crippen LogP contribution >= 0.6 is 0 Å². The average Bonchev–Trinajstić information content (AvgIpc) is 2.61. The van der Waals surface area contributed by atoms with Crippen molar-refractivity contribution in [3.63, 3.8) is 0 Å². The number of hydrogen-bond donors (Lipinski definition) is 2. The number of carbonyl (C=O) groups excluding carboxylic acids is 1. The second-order valence-electron chi connectivity index (χ2n) is 4.90. The predicted molar refractivity (Wildman–Crippen MR) is 90.6 cm³/mol. The van der Waals surface area contributed by atoms with Gasteiger partial charge >= 0.3 is 5.97 Å². The molecule has 0 heterocycles. The van der Waals surface area contributed by atoms with E-state index in [1.54, 1.807) is 18.2 Å². The van der Waals surface area contributed by atoms with Crippen molar-refractivity contribution in [2.45, 2.75) is 0 Å². The molecule has 0 fully saturated rings. The number of benzene rings is 2. The van der Waals surface area contributed by atoms with Crippen molar-refractivity contribution in [2.75, 3.05) is 19.5 Å². The van der Waals surface area contributed by atoms with Crippen LogP contribution in [0.2, 0.25) is 0 Å². The highest BCUT2D eigenvalue weighted by Gasteiger charge is 2.15. The second kappa shape index (κ2) is 7.96. The Morgan fingerprint density at radius 3 is 2.48 bits per heavy atom. The van der Waals surface area contributed by atoms with Crippen molar-refractivity contribution >= 4 is 23.6 Å². The summed E-state index contributed by atoms with van der Waals surface area (Å²) in [5.74, 6) is -1.79. The quantitative estimate of drug-likeness (QED) is 0.786. The van der Waals surface area contributed by atoms with Crippen molar-refractivity contribution in [3.8, 4) is 11.5 Å². The van der Waals surface area contributed by atoms with Crippen LogP contribution in [0.25, 0.3) is 6.08 Å².